The summed E-state index contributed by atoms with van der Waals surface area (Å²) in [5.41, 5.74) is 5.12. The molecule has 0 aliphatic rings. The van der Waals surface area contributed by atoms with Gasteiger partial charge < -0.3 is 5.73 Å². The zero-order valence-corrected chi connectivity index (χ0v) is 8.85. The first-order chi connectivity index (χ1) is 5.75. The highest BCUT2D eigenvalue weighted by Gasteiger charge is 2.16. The van der Waals surface area contributed by atoms with E-state index >= 15 is 0 Å². The van der Waals surface area contributed by atoms with Crippen LogP contribution in [0.3, 0.4) is 0 Å². The molecule has 0 aromatic heterocycles. The molecule has 0 rings (SSSR count). The molecule has 1 unspecified atom stereocenters. The lowest BCUT2D eigenvalue weighted by molar-refractivity contribution is 0.493. The first-order valence-corrected chi connectivity index (χ1v) is 5.22. The van der Waals surface area contributed by atoms with Gasteiger partial charge >= 0.3 is 0 Å². The van der Waals surface area contributed by atoms with Crippen LogP contribution in [0.1, 0.15) is 13.3 Å². The predicted molar refractivity (Wildman–Crippen MR) is 51.7 cm³/mol. The fourth-order valence-corrected chi connectivity index (χ4v) is 1.53. The van der Waals surface area contributed by atoms with Crippen LogP contribution in [0, 0.1) is 5.41 Å². The number of hydrogen-bond donors (Lipinski definition) is 3. The number of nitrogens with one attached hydrogen (secondary N) is 2. The molecule has 0 radical (unpaired) electrons. The summed E-state index contributed by atoms with van der Waals surface area (Å²) >= 11 is 0. The van der Waals surface area contributed by atoms with E-state index in [4.69, 9.17) is 11.1 Å². The summed E-state index contributed by atoms with van der Waals surface area (Å²) in [6.07, 6.45) is 0.215. The Kier molecular flexibility index (Phi) is 4.31. The Bertz CT molecular complexity index is 272. The van der Waals surface area contributed by atoms with Crippen molar-refractivity contribution in [3.63, 3.8) is 0 Å². The van der Waals surface area contributed by atoms with Crippen molar-refractivity contribution < 1.29 is 8.42 Å². The lowest BCUT2D eigenvalue weighted by Gasteiger charge is -2.17. The van der Waals surface area contributed by atoms with Crippen molar-refractivity contribution in [2.75, 3.05) is 14.1 Å². The average molecular weight is 208 g/mol. The second kappa shape index (κ2) is 4.54. The Morgan fingerprint density at radius 3 is 2.38 bits per heavy atom. The van der Waals surface area contributed by atoms with Crippen molar-refractivity contribution in [1.29, 1.82) is 5.41 Å². The third-order valence-corrected chi connectivity index (χ3v) is 3.02. The summed E-state index contributed by atoms with van der Waals surface area (Å²) in [5.74, 6) is -0.0334. The zero-order valence-electron chi connectivity index (χ0n) is 8.03. The van der Waals surface area contributed by atoms with Crippen LogP contribution in [-0.2, 0) is 10.2 Å². The van der Waals surface area contributed by atoms with E-state index in [0.29, 0.717) is 0 Å². The summed E-state index contributed by atoms with van der Waals surface area (Å²) in [6, 6.07) is -0.357. The van der Waals surface area contributed by atoms with Crippen molar-refractivity contribution in [3.05, 3.63) is 0 Å². The van der Waals surface area contributed by atoms with Crippen LogP contribution in [0.15, 0.2) is 0 Å². The molecule has 4 N–H and O–H groups in total. The van der Waals surface area contributed by atoms with Crippen LogP contribution in [0.5, 0.6) is 0 Å². The molecule has 78 valence electrons. The van der Waals surface area contributed by atoms with Crippen LogP contribution >= 0.6 is 0 Å². The molecule has 6 nitrogen and oxygen atoms in total. The molecule has 0 saturated heterocycles. The molecule has 0 aliphatic carbocycles. The lowest BCUT2D eigenvalue weighted by Crippen LogP contribution is -2.42. The van der Waals surface area contributed by atoms with E-state index in [1.807, 2.05) is 0 Å². The Morgan fingerprint density at radius 2 is 2.08 bits per heavy atom. The molecule has 0 heterocycles. The van der Waals surface area contributed by atoms with Gasteiger partial charge in [-0.3, -0.25) is 5.41 Å². The second-order valence-electron chi connectivity index (χ2n) is 3.04. The third kappa shape index (κ3) is 4.81. The Morgan fingerprint density at radius 1 is 1.62 bits per heavy atom. The van der Waals surface area contributed by atoms with Crippen LogP contribution < -0.4 is 10.5 Å². The first-order valence-electron chi connectivity index (χ1n) is 3.78. The smallest absolute Gasteiger partial charge is 0.279 e. The van der Waals surface area contributed by atoms with Crippen molar-refractivity contribution >= 4 is 16.0 Å². The van der Waals surface area contributed by atoms with E-state index in [-0.39, 0.29) is 18.3 Å². The van der Waals surface area contributed by atoms with E-state index in [9.17, 15) is 8.42 Å². The van der Waals surface area contributed by atoms with Gasteiger partial charge in [0, 0.05) is 26.6 Å². The topological polar surface area (TPSA) is 99.3 Å². The zero-order chi connectivity index (χ0) is 10.6. The van der Waals surface area contributed by atoms with E-state index < -0.39 is 10.2 Å². The predicted octanol–water partition coefficient (Wildman–Crippen LogP) is -0.903. The first kappa shape index (κ1) is 12.3. The molecule has 0 fully saturated rings. The normalized spacial score (nSPS) is 14.5. The van der Waals surface area contributed by atoms with Gasteiger partial charge in [0.1, 0.15) is 0 Å². The minimum Gasteiger partial charge on any atom is -0.388 e. The van der Waals surface area contributed by atoms with Gasteiger partial charge in [0.05, 0.1) is 5.84 Å². The van der Waals surface area contributed by atoms with Crippen molar-refractivity contribution in [3.8, 4) is 0 Å². The second-order valence-corrected chi connectivity index (χ2v) is 4.95. The Hall–Kier alpha value is -0.660. The maximum absolute atomic E-state index is 11.2. The molecule has 0 spiro atoms. The molecular formula is C6H16N4O2S. The minimum absolute atomic E-state index is 0.0334. The van der Waals surface area contributed by atoms with Gasteiger partial charge in [0.2, 0.25) is 0 Å². The van der Waals surface area contributed by atoms with Gasteiger partial charge in [-0.2, -0.15) is 17.4 Å². The number of amidine groups is 1. The highest BCUT2D eigenvalue weighted by Crippen LogP contribution is 1.95. The number of rotatable bonds is 5. The van der Waals surface area contributed by atoms with Gasteiger partial charge in [0.15, 0.2) is 0 Å². The van der Waals surface area contributed by atoms with E-state index in [1.54, 1.807) is 6.92 Å². The molecule has 0 bridgehead atoms. The summed E-state index contributed by atoms with van der Waals surface area (Å²) in [7, 11) is -0.545. The summed E-state index contributed by atoms with van der Waals surface area (Å²) in [6.45, 7) is 1.66. The van der Waals surface area contributed by atoms with Gasteiger partial charge in [0.25, 0.3) is 10.2 Å². The highest BCUT2D eigenvalue weighted by atomic mass is 32.2. The average Bonchev–Trinajstić information content (AvgIpc) is 1.82. The largest absolute Gasteiger partial charge is 0.388 e. The third-order valence-electron chi connectivity index (χ3n) is 1.36. The number of nitrogens with two attached hydrogens (primary N) is 1. The van der Waals surface area contributed by atoms with Gasteiger partial charge in [-0.05, 0) is 6.92 Å². The van der Waals surface area contributed by atoms with Gasteiger partial charge in [-0.15, -0.1) is 0 Å². The molecule has 0 aromatic rings. The molecule has 7 heteroatoms. The molecule has 0 amide bonds. The lowest BCUT2D eigenvalue weighted by atomic mass is 10.2. The van der Waals surface area contributed by atoms with Crippen LogP contribution in [0.4, 0.5) is 0 Å². The maximum atomic E-state index is 11.2. The van der Waals surface area contributed by atoms with Crippen LogP contribution in [0.25, 0.3) is 0 Å². The monoisotopic (exact) mass is 208 g/mol. The van der Waals surface area contributed by atoms with Crippen LogP contribution in [0.2, 0.25) is 0 Å². The summed E-state index contributed by atoms with van der Waals surface area (Å²) in [5, 5.41) is 6.97. The fraction of sp³-hybridized carbons (Fsp3) is 0.833. The molecular weight excluding hydrogens is 192 g/mol. The minimum atomic E-state index is -3.41. The van der Waals surface area contributed by atoms with E-state index in [0.717, 1.165) is 4.31 Å². The van der Waals surface area contributed by atoms with Crippen molar-refractivity contribution in [1.82, 2.24) is 9.03 Å². The SMILES string of the molecule is CC(CC(=N)N)NS(=O)(=O)N(C)C. The fourth-order valence-electron chi connectivity index (χ4n) is 0.731. The molecule has 1 atom stereocenters. The summed E-state index contributed by atoms with van der Waals surface area (Å²) < 4.78 is 25.9. The van der Waals surface area contributed by atoms with Gasteiger partial charge in [-0.1, -0.05) is 0 Å². The molecule has 0 aromatic carbocycles. The van der Waals surface area contributed by atoms with Crippen LogP contribution in [-0.4, -0.2) is 38.7 Å². The molecule has 0 aliphatic heterocycles. The molecule has 0 saturated carbocycles. The van der Waals surface area contributed by atoms with Crippen molar-refractivity contribution in [2.45, 2.75) is 19.4 Å². The maximum Gasteiger partial charge on any atom is 0.279 e. The van der Waals surface area contributed by atoms with E-state index in [1.165, 1.54) is 14.1 Å². The van der Waals surface area contributed by atoms with Crippen molar-refractivity contribution in [2.24, 2.45) is 5.73 Å². The Balaban J connectivity index is 4.21. The Labute approximate surface area is 78.8 Å². The number of nitrogens with zero attached hydrogens (tertiary/aromatic N) is 1. The number of hydrogen-bond acceptors (Lipinski definition) is 3. The van der Waals surface area contributed by atoms with Gasteiger partial charge in [-0.25, -0.2) is 0 Å². The standard InChI is InChI=1S/C6H16N4O2S/c1-5(4-6(7)8)9-13(11,12)10(2)3/h5,9H,4H2,1-3H3,(H3,7,8). The quantitative estimate of drug-likeness (QED) is 0.403. The molecule has 13 heavy (non-hydrogen) atoms. The van der Waals surface area contributed by atoms with E-state index in [2.05, 4.69) is 4.72 Å². The highest BCUT2D eigenvalue weighted by molar-refractivity contribution is 7.87. The summed E-state index contributed by atoms with van der Waals surface area (Å²) in [4.78, 5) is 0.